The number of hydrogen-bond donors (Lipinski definition) is 4. The predicted molar refractivity (Wildman–Crippen MR) is 69.7 cm³/mol. The molecule has 0 aromatic heterocycles. The zero-order valence-electron chi connectivity index (χ0n) is 9.94. The van der Waals surface area contributed by atoms with Gasteiger partial charge in [0.1, 0.15) is 5.82 Å². The van der Waals surface area contributed by atoms with Crippen molar-refractivity contribution in [3.8, 4) is 0 Å². The summed E-state index contributed by atoms with van der Waals surface area (Å²) in [7, 11) is 0. The number of nitrogens with two attached hydrogens (primary N) is 2. The molecule has 5 heteroatoms. The summed E-state index contributed by atoms with van der Waals surface area (Å²) in [5, 5.41) is 10.3. The second-order valence-corrected chi connectivity index (χ2v) is 4.41. The van der Waals surface area contributed by atoms with Crippen LogP contribution in [0.25, 0.3) is 0 Å². The van der Waals surface area contributed by atoms with Crippen LogP contribution in [0.2, 0.25) is 0 Å². The maximum atomic E-state index is 11.1. The Bertz CT molecular complexity index is 503. The molecule has 0 unspecified atom stereocenters. The third-order valence-corrected chi connectivity index (χ3v) is 3.15. The van der Waals surface area contributed by atoms with Gasteiger partial charge in [-0.2, -0.15) is 0 Å². The summed E-state index contributed by atoms with van der Waals surface area (Å²) in [6.07, 6.45) is 2.77. The summed E-state index contributed by atoms with van der Waals surface area (Å²) in [5.74, 6) is -0.530. The Kier molecular flexibility index (Phi) is 3.06. The molecule has 1 fully saturated rings. The number of amides is 1. The molecule has 0 heterocycles. The summed E-state index contributed by atoms with van der Waals surface area (Å²) in [5.41, 5.74) is 11.9. The van der Waals surface area contributed by atoms with Crippen molar-refractivity contribution < 1.29 is 4.79 Å². The molecule has 5 nitrogen and oxygen atoms in total. The molecule has 1 amide bonds. The lowest BCUT2D eigenvalue weighted by atomic mass is 10.0. The topological polar surface area (TPSA) is 105 Å². The molecule has 1 aliphatic rings. The van der Waals surface area contributed by atoms with Gasteiger partial charge >= 0.3 is 0 Å². The molecule has 1 aromatic carbocycles. The second-order valence-electron chi connectivity index (χ2n) is 4.41. The van der Waals surface area contributed by atoms with Crippen LogP contribution >= 0.6 is 0 Å². The van der Waals surface area contributed by atoms with Crippen LogP contribution in [-0.4, -0.2) is 12.1 Å². The van der Waals surface area contributed by atoms with E-state index in [1.54, 1.807) is 0 Å². The van der Waals surface area contributed by atoms with Gasteiger partial charge in [0, 0.05) is 6.21 Å². The molecule has 1 aliphatic carbocycles. The van der Waals surface area contributed by atoms with E-state index in [1.165, 1.54) is 0 Å². The van der Waals surface area contributed by atoms with E-state index in [4.69, 9.17) is 16.9 Å². The maximum Gasteiger partial charge on any atom is 0.253 e. The van der Waals surface area contributed by atoms with Crippen molar-refractivity contribution in [3.63, 3.8) is 0 Å². The number of carbonyl (C=O) groups excluding carboxylic acids is 1. The van der Waals surface area contributed by atoms with Crippen LogP contribution in [0.3, 0.4) is 0 Å². The fourth-order valence-electron chi connectivity index (χ4n) is 1.97. The highest BCUT2D eigenvalue weighted by atomic mass is 16.1. The van der Waals surface area contributed by atoms with E-state index in [1.807, 2.05) is 30.3 Å². The largest absolute Gasteiger partial charge is 0.385 e. The molecular formula is C13H16N4O. The minimum absolute atomic E-state index is 0.0113. The van der Waals surface area contributed by atoms with E-state index in [0.29, 0.717) is 0 Å². The van der Waals surface area contributed by atoms with Crippen LogP contribution in [0.15, 0.2) is 41.7 Å². The molecule has 0 bridgehead atoms. The predicted octanol–water partition coefficient (Wildman–Crippen LogP) is 0.570. The summed E-state index contributed by atoms with van der Waals surface area (Å²) in [4.78, 5) is 11.1. The number of rotatable bonds is 5. The minimum atomic E-state index is -0.695. The average Bonchev–Trinajstić information content (AvgIpc) is 3.11. The van der Waals surface area contributed by atoms with Crippen molar-refractivity contribution in [2.24, 2.45) is 11.5 Å². The summed E-state index contributed by atoms with van der Waals surface area (Å²) >= 11 is 0. The van der Waals surface area contributed by atoms with Gasteiger partial charge in [0.15, 0.2) is 0 Å². The van der Waals surface area contributed by atoms with E-state index in [2.05, 4.69) is 5.32 Å². The third-order valence-electron chi connectivity index (χ3n) is 3.15. The Balaban J connectivity index is 2.25. The number of primary amides is 1. The fraction of sp³-hybridized carbons (Fsp3) is 0.231. The van der Waals surface area contributed by atoms with E-state index in [-0.39, 0.29) is 16.9 Å². The van der Waals surface area contributed by atoms with Crippen LogP contribution in [0.1, 0.15) is 18.4 Å². The molecule has 6 N–H and O–H groups in total. The lowest BCUT2D eigenvalue weighted by molar-refractivity contribution is -0.114. The van der Waals surface area contributed by atoms with Crippen molar-refractivity contribution >= 4 is 12.1 Å². The molecule has 18 heavy (non-hydrogen) atoms. The fourth-order valence-corrected chi connectivity index (χ4v) is 1.97. The van der Waals surface area contributed by atoms with E-state index in [0.717, 1.165) is 24.6 Å². The Hall–Kier alpha value is -2.30. The van der Waals surface area contributed by atoms with Crippen molar-refractivity contribution in [2.45, 2.75) is 18.4 Å². The summed E-state index contributed by atoms with van der Waals surface area (Å²) < 4.78 is 0. The maximum absolute atomic E-state index is 11.1. The second kappa shape index (κ2) is 4.52. The zero-order valence-corrected chi connectivity index (χ0v) is 9.94. The van der Waals surface area contributed by atoms with Crippen LogP contribution in [0.5, 0.6) is 0 Å². The molecule has 0 radical (unpaired) electrons. The molecule has 0 aliphatic heterocycles. The minimum Gasteiger partial charge on any atom is -0.385 e. The smallest absolute Gasteiger partial charge is 0.253 e. The van der Waals surface area contributed by atoms with Gasteiger partial charge in [-0.05, 0) is 18.4 Å². The quantitative estimate of drug-likeness (QED) is 0.449. The number of benzene rings is 1. The lowest BCUT2D eigenvalue weighted by Crippen LogP contribution is -2.35. The highest BCUT2D eigenvalue weighted by Gasteiger charge is 2.44. The molecular weight excluding hydrogens is 228 g/mol. The molecule has 2 rings (SSSR count). The number of hydrogen-bond acceptors (Lipinski definition) is 4. The van der Waals surface area contributed by atoms with E-state index >= 15 is 0 Å². The standard InChI is InChI=1S/C13H16N4O/c14-8-10(12(16)18)11(15)17-13(6-7-13)9-4-2-1-3-5-9/h1-5,8,14,17H,6-7,15H2,(H2,16,18)/b11-10-,14-8?. The van der Waals surface area contributed by atoms with Gasteiger partial charge in [-0.3, -0.25) is 4.79 Å². The van der Waals surface area contributed by atoms with Crippen molar-refractivity contribution in [2.75, 3.05) is 0 Å². The van der Waals surface area contributed by atoms with E-state index in [9.17, 15) is 4.79 Å². The van der Waals surface area contributed by atoms with Gasteiger partial charge in [0.05, 0.1) is 11.1 Å². The molecule has 0 spiro atoms. The van der Waals surface area contributed by atoms with Crippen molar-refractivity contribution in [1.82, 2.24) is 5.32 Å². The lowest BCUT2D eigenvalue weighted by Gasteiger charge is -2.20. The van der Waals surface area contributed by atoms with Gasteiger partial charge < -0.3 is 22.2 Å². The Morgan fingerprint density at radius 1 is 1.28 bits per heavy atom. The van der Waals surface area contributed by atoms with Gasteiger partial charge in [0.25, 0.3) is 5.91 Å². The zero-order chi connectivity index (χ0) is 13.2. The van der Waals surface area contributed by atoms with Gasteiger partial charge in [-0.15, -0.1) is 0 Å². The normalized spacial score (nSPS) is 17.6. The first-order valence-electron chi connectivity index (χ1n) is 5.73. The van der Waals surface area contributed by atoms with Gasteiger partial charge in [-0.25, -0.2) is 0 Å². The molecule has 1 aromatic rings. The summed E-state index contributed by atoms with van der Waals surface area (Å²) in [6.45, 7) is 0. The highest BCUT2D eigenvalue weighted by molar-refractivity contribution is 6.11. The Morgan fingerprint density at radius 2 is 1.89 bits per heavy atom. The third kappa shape index (κ3) is 2.20. The van der Waals surface area contributed by atoms with Crippen LogP contribution in [0, 0.1) is 5.41 Å². The number of carbonyl (C=O) groups is 1. The van der Waals surface area contributed by atoms with Crippen molar-refractivity contribution in [1.29, 1.82) is 5.41 Å². The summed E-state index contributed by atoms with van der Waals surface area (Å²) in [6, 6.07) is 9.90. The van der Waals surface area contributed by atoms with Crippen LogP contribution in [-0.2, 0) is 10.3 Å². The molecule has 0 atom stereocenters. The van der Waals surface area contributed by atoms with Gasteiger partial charge in [0.2, 0.25) is 0 Å². The first kappa shape index (κ1) is 12.2. The first-order valence-corrected chi connectivity index (χ1v) is 5.73. The molecule has 1 saturated carbocycles. The Labute approximate surface area is 105 Å². The van der Waals surface area contributed by atoms with Gasteiger partial charge in [-0.1, -0.05) is 30.3 Å². The SMILES string of the molecule is N=C/C(C(N)=O)=C(\N)NC1(c2ccccc2)CC1. The highest BCUT2D eigenvalue weighted by Crippen LogP contribution is 2.45. The van der Waals surface area contributed by atoms with Crippen LogP contribution < -0.4 is 16.8 Å². The first-order chi connectivity index (χ1) is 8.59. The molecule has 0 saturated heterocycles. The molecule has 94 valence electrons. The van der Waals surface area contributed by atoms with E-state index < -0.39 is 5.91 Å². The van der Waals surface area contributed by atoms with Crippen LogP contribution in [0.4, 0.5) is 0 Å². The monoisotopic (exact) mass is 244 g/mol. The Morgan fingerprint density at radius 3 is 2.33 bits per heavy atom. The van der Waals surface area contributed by atoms with Crippen molar-refractivity contribution in [3.05, 3.63) is 47.3 Å². The number of nitrogens with one attached hydrogen (secondary N) is 2. The average molecular weight is 244 g/mol.